The fourth-order valence-electron chi connectivity index (χ4n) is 3.01. The van der Waals surface area contributed by atoms with Crippen LogP contribution in [0, 0.1) is 5.41 Å². The van der Waals surface area contributed by atoms with Crippen molar-refractivity contribution >= 4 is 35.0 Å². The molecule has 0 amide bonds. The Kier molecular flexibility index (Phi) is 5.10. The van der Waals surface area contributed by atoms with Crippen molar-refractivity contribution in [3.63, 3.8) is 0 Å². The van der Waals surface area contributed by atoms with Gasteiger partial charge in [-0.15, -0.1) is 11.8 Å². The summed E-state index contributed by atoms with van der Waals surface area (Å²) in [5.74, 6) is 0. The molecule has 0 bridgehead atoms. The highest BCUT2D eigenvalue weighted by Crippen LogP contribution is 2.43. The molecule has 1 saturated carbocycles. The number of hydrogen-bond acceptors (Lipinski definition) is 2. The molecule has 0 spiro atoms. The van der Waals surface area contributed by atoms with Crippen LogP contribution in [0.1, 0.15) is 33.1 Å². The number of nitrogens with one attached hydrogen (secondary N) is 1. The van der Waals surface area contributed by atoms with Crippen molar-refractivity contribution in [2.45, 2.75) is 49.3 Å². The normalized spacial score (nSPS) is 26.4. The Balaban J connectivity index is 2.14. The lowest BCUT2D eigenvalue weighted by atomic mass is 9.73. The zero-order valence-electron chi connectivity index (χ0n) is 11.7. The van der Waals surface area contributed by atoms with Crippen LogP contribution >= 0.6 is 35.0 Å². The Bertz CT molecular complexity index is 448. The quantitative estimate of drug-likeness (QED) is 0.816. The van der Waals surface area contributed by atoms with Gasteiger partial charge in [-0.05, 0) is 43.5 Å². The van der Waals surface area contributed by atoms with Gasteiger partial charge in [-0.2, -0.15) is 0 Å². The monoisotopic (exact) mass is 317 g/mol. The number of rotatable bonds is 3. The summed E-state index contributed by atoms with van der Waals surface area (Å²) in [6, 6.07) is 6.45. The number of hydrogen-bond donors (Lipinski definition) is 1. The molecular weight excluding hydrogens is 297 g/mol. The Morgan fingerprint density at radius 2 is 2.00 bits per heavy atom. The summed E-state index contributed by atoms with van der Waals surface area (Å²) in [5, 5.41) is 5.37. The molecule has 1 aromatic carbocycles. The minimum Gasteiger partial charge on any atom is -0.315 e. The maximum Gasteiger partial charge on any atom is 0.0603 e. The van der Waals surface area contributed by atoms with Crippen molar-refractivity contribution in [3.05, 3.63) is 28.2 Å². The zero-order chi connectivity index (χ0) is 14.0. The fourth-order valence-corrected chi connectivity index (χ4v) is 4.98. The van der Waals surface area contributed by atoms with E-state index in [0.29, 0.717) is 26.8 Å². The molecule has 0 saturated heterocycles. The summed E-state index contributed by atoms with van der Waals surface area (Å²) >= 11 is 14.0. The standard InChI is InChI=1S/C15H21Cl2NS/c1-15(2)8-4-5-13(14(15)18-3)19-10-6-7-11(16)12(17)9-10/h6-7,9,13-14,18H,4-5,8H2,1-3H3. The minimum absolute atomic E-state index is 0.348. The van der Waals surface area contributed by atoms with Crippen LogP contribution < -0.4 is 5.32 Å². The molecule has 0 heterocycles. The van der Waals surface area contributed by atoms with Crippen LogP contribution in [0.4, 0.5) is 0 Å². The second-order valence-electron chi connectivity index (χ2n) is 5.88. The summed E-state index contributed by atoms with van der Waals surface area (Å²) in [5.41, 5.74) is 0.348. The van der Waals surface area contributed by atoms with Crippen molar-refractivity contribution in [3.8, 4) is 0 Å². The van der Waals surface area contributed by atoms with Gasteiger partial charge in [0.05, 0.1) is 10.0 Å². The van der Waals surface area contributed by atoms with E-state index < -0.39 is 0 Å². The molecule has 1 fully saturated rings. The predicted octanol–water partition coefficient (Wildman–Crippen LogP) is 5.25. The average molecular weight is 318 g/mol. The Labute approximate surface area is 130 Å². The molecule has 106 valence electrons. The minimum atomic E-state index is 0.348. The van der Waals surface area contributed by atoms with Gasteiger partial charge in [-0.1, -0.05) is 43.5 Å². The van der Waals surface area contributed by atoms with E-state index in [2.05, 4.69) is 32.3 Å². The highest BCUT2D eigenvalue weighted by Gasteiger charge is 2.38. The van der Waals surface area contributed by atoms with Gasteiger partial charge >= 0.3 is 0 Å². The van der Waals surface area contributed by atoms with Crippen LogP contribution in [0.15, 0.2) is 23.1 Å². The molecule has 1 aliphatic rings. The summed E-state index contributed by atoms with van der Waals surface area (Å²) in [4.78, 5) is 1.21. The molecule has 0 aliphatic heterocycles. The van der Waals surface area contributed by atoms with E-state index in [0.717, 1.165) is 0 Å². The molecule has 2 atom stereocenters. The summed E-state index contributed by atoms with van der Waals surface area (Å²) in [6.07, 6.45) is 3.83. The first-order valence-electron chi connectivity index (χ1n) is 6.73. The lowest BCUT2D eigenvalue weighted by Gasteiger charge is -2.43. The van der Waals surface area contributed by atoms with Crippen LogP contribution in [0.3, 0.4) is 0 Å². The zero-order valence-corrected chi connectivity index (χ0v) is 14.0. The number of halogens is 2. The molecule has 2 unspecified atom stereocenters. The van der Waals surface area contributed by atoms with E-state index in [1.165, 1.54) is 24.2 Å². The van der Waals surface area contributed by atoms with Gasteiger partial charge < -0.3 is 5.32 Å². The largest absolute Gasteiger partial charge is 0.315 e. The van der Waals surface area contributed by atoms with Crippen molar-refractivity contribution in [2.75, 3.05) is 7.05 Å². The average Bonchev–Trinajstić information content (AvgIpc) is 2.33. The first-order chi connectivity index (χ1) is 8.94. The molecule has 1 aliphatic carbocycles. The second kappa shape index (κ2) is 6.26. The third kappa shape index (κ3) is 3.60. The first-order valence-corrected chi connectivity index (χ1v) is 8.36. The maximum absolute atomic E-state index is 6.10. The van der Waals surface area contributed by atoms with Crippen LogP contribution in [0.5, 0.6) is 0 Å². The Morgan fingerprint density at radius 3 is 2.63 bits per heavy atom. The van der Waals surface area contributed by atoms with Gasteiger partial charge in [0.15, 0.2) is 0 Å². The topological polar surface area (TPSA) is 12.0 Å². The summed E-state index contributed by atoms with van der Waals surface area (Å²) in [6.45, 7) is 4.71. The van der Waals surface area contributed by atoms with Crippen LogP contribution in [-0.2, 0) is 0 Å². The number of benzene rings is 1. The van der Waals surface area contributed by atoms with E-state index in [1.807, 2.05) is 23.9 Å². The smallest absolute Gasteiger partial charge is 0.0603 e. The van der Waals surface area contributed by atoms with Gasteiger partial charge in [0, 0.05) is 16.2 Å². The fraction of sp³-hybridized carbons (Fsp3) is 0.600. The van der Waals surface area contributed by atoms with E-state index >= 15 is 0 Å². The van der Waals surface area contributed by atoms with Crippen LogP contribution in [0.2, 0.25) is 10.0 Å². The van der Waals surface area contributed by atoms with Crippen LogP contribution in [-0.4, -0.2) is 18.3 Å². The molecule has 1 nitrogen and oxygen atoms in total. The lowest BCUT2D eigenvalue weighted by Crippen LogP contribution is -2.49. The predicted molar refractivity (Wildman–Crippen MR) is 86.6 cm³/mol. The highest BCUT2D eigenvalue weighted by atomic mass is 35.5. The lowest BCUT2D eigenvalue weighted by molar-refractivity contribution is 0.182. The Morgan fingerprint density at radius 1 is 1.26 bits per heavy atom. The third-order valence-electron chi connectivity index (χ3n) is 4.01. The molecule has 19 heavy (non-hydrogen) atoms. The van der Waals surface area contributed by atoms with Crippen molar-refractivity contribution in [1.29, 1.82) is 0 Å². The molecule has 2 rings (SSSR count). The molecule has 1 N–H and O–H groups in total. The highest BCUT2D eigenvalue weighted by molar-refractivity contribution is 8.00. The Hall–Kier alpha value is 0.110. The van der Waals surface area contributed by atoms with Crippen molar-refractivity contribution in [2.24, 2.45) is 5.41 Å². The van der Waals surface area contributed by atoms with Gasteiger partial charge in [0.2, 0.25) is 0 Å². The van der Waals surface area contributed by atoms with E-state index in [4.69, 9.17) is 23.2 Å². The summed E-state index contributed by atoms with van der Waals surface area (Å²) < 4.78 is 0. The van der Waals surface area contributed by atoms with Crippen LogP contribution in [0.25, 0.3) is 0 Å². The van der Waals surface area contributed by atoms with E-state index in [-0.39, 0.29) is 0 Å². The molecule has 0 aromatic heterocycles. The van der Waals surface area contributed by atoms with E-state index in [9.17, 15) is 0 Å². The molecule has 4 heteroatoms. The van der Waals surface area contributed by atoms with Gasteiger partial charge in [0.1, 0.15) is 0 Å². The van der Waals surface area contributed by atoms with Gasteiger partial charge in [0.25, 0.3) is 0 Å². The van der Waals surface area contributed by atoms with Crippen molar-refractivity contribution < 1.29 is 0 Å². The molecular formula is C15H21Cl2NS. The van der Waals surface area contributed by atoms with E-state index in [1.54, 1.807) is 0 Å². The third-order valence-corrected chi connectivity index (χ3v) is 6.09. The van der Waals surface area contributed by atoms with Crippen molar-refractivity contribution in [1.82, 2.24) is 5.32 Å². The second-order valence-corrected chi connectivity index (χ2v) is 8.01. The number of thioether (sulfide) groups is 1. The van der Waals surface area contributed by atoms with Gasteiger partial charge in [-0.25, -0.2) is 0 Å². The summed E-state index contributed by atoms with van der Waals surface area (Å²) in [7, 11) is 2.07. The molecule has 1 aromatic rings. The first kappa shape index (κ1) is 15.5. The van der Waals surface area contributed by atoms with Gasteiger partial charge in [-0.3, -0.25) is 0 Å². The molecule has 0 radical (unpaired) electrons. The maximum atomic E-state index is 6.10. The SMILES string of the molecule is CNC1C(Sc2ccc(Cl)c(Cl)c2)CCCC1(C)C.